The first-order valence-electron chi connectivity index (χ1n) is 5.01. The SMILES string of the molecule is [CH2]c1ccc(C(C)(C)CC)cc1OC. The molecule has 0 aromatic heterocycles. The molecule has 1 nitrogen and oxygen atoms in total. The van der Waals surface area contributed by atoms with Crippen molar-refractivity contribution in [1.29, 1.82) is 0 Å². The lowest BCUT2D eigenvalue weighted by molar-refractivity contribution is 0.409. The highest BCUT2D eigenvalue weighted by Crippen LogP contribution is 2.30. The molecule has 0 amide bonds. The van der Waals surface area contributed by atoms with Crippen LogP contribution in [0.25, 0.3) is 0 Å². The number of rotatable bonds is 3. The van der Waals surface area contributed by atoms with Crippen molar-refractivity contribution in [3.8, 4) is 5.75 Å². The second-order valence-electron chi connectivity index (χ2n) is 4.26. The standard InChI is InChI=1S/C13H19O/c1-6-13(3,4)11-8-7-10(2)12(9-11)14-5/h7-9H,2,6H2,1,3-5H3. The van der Waals surface area contributed by atoms with Gasteiger partial charge in [0.15, 0.2) is 0 Å². The van der Waals surface area contributed by atoms with E-state index in [1.165, 1.54) is 5.56 Å². The second-order valence-corrected chi connectivity index (χ2v) is 4.26. The first-order chi connectivity index (χ1) is 6.51. The molecule has 14 heavy (non-hydrogen) atoms. The van der Waals surface area contributed by atoms with Crippen molar-refractivity contribution in [2.45, 2.75) is 32.6 Å². The van der Waals surface area contributed by atoms with Crippen LogP contribution in [0.1, 0.15) is 38.3 Å². The van der Waals surface area contributed by atoms with Crippen LogP contribution in [0.3, 0.4) is 0 Å². The van der Waals surface area contributed by atoms with E-state index in [-0.39, 0.29) is 5.41 Å². The smallest absolute Gasteiger partial charge is 0.122 e. The predicted molar refractivity (Wildman–Crippen MR) is 60.8 cm³/mol. The molecule has 0 aliphatic rings. The molecule has 0 spiro atoms. The number of hydrogen-bond acceptors (Lipinski definition) is 1. The van der Waals surface area contributed by atoms with Gasteiger partial charge in [0.1, 0.15) is 5.75 Å². The van der Waals surface area contributed by atoms with Gasteiger partial charge in [0, 0.05) is 0 Å². The molecule has 0 bridgehead atoms. The number of benzene rings is 1. The van der Waals surface area contributed by atoms with Gasteiger partial charge in [-0.2, -0.15) is 0 Å². The Balaban J connectivity index is 3.12. The Labute approximate surface area is 87.1 Å². The minimum atomic E-state index is 0.209. The molecule has 1 aromatic rings. The zero-order valence-electron chi connectivity index (χ0n) is 9.55. The maximum atomic E-state index is 5.26. The molecule has 1 aromatic carbocycles. The average Bonchev–Trinajstić information content (AvgIpc) is 2.18. The summed E-state index contributed by atoms with van der Waals surface area (Å²) < 4.78 is 5.26. The normalized spacial score (nSPS) is 11.5. The lowest BCUT2D eigenvalue weighted by Crippen LogP contribution is -2.15. The van der Waals surface area contributed by atoms with Crippen LogP contribution in [0.15, 0.2) is 18.2 Å². The van der Waals surface area contributed by atoms with E-state index in [4.69, 9.17) is 4.74 Å². The summed E-state index contributed by atoms with van der Waals surface area (Å²) in [4.78, 5) is 0. The molecule has 1 heteroatoms. The monoisotopic (exact) mass is 191 g/mol. The van der Waals surface area contributed by atoms with E-state index in [1.807, 2.05) is 6.07 Å². The fraction of sp³-hybridized carbons (Fsp3) is 0.462. The Bertz CT molecular complexity index is 313. The first kappa shape index (κ1) is 11.1. The number of hydrogen-bond donors (Lipinski definition) is 0. The van der Waals surface area contributed by atoms with Crippen molar-refractivity contribution >= 4 is 0 Å². The molecule has 1 radical (unpaired) electrons. The minimum Gasteiger partial charge on any atom is -0.496 e. The highest BCUT2D eigenvalue weighted by atomic mass is 16.5. The minimum absolute atomic E-state index is 0.209. The Morgan fingerprint density at radius 1 is 1.36 bits per heavy atom. The topological polar surface area (TPSA) is 9.23 Å². The molecule has 77 valence electrons. The Hall–Kier alpha value is -0.980. The summed E-state index contributed by atoms with van der Waals surface area (Å²) in [6, 6.07) is 6.24. The first-order valence-corrected chi connectivity index (χ1v) is 5.01. The van der Waals surface area contributed by atoms with Gasteiger partial charge in [-0.1, -0.05) is 32.9 Å². The molecule has 0 saturated carbocycles. The highest BCUT2D eigenvalue weighted by Gasteiger charge is 2.18. The molecule has 0 aliphatic carbocycles. The molecule has 0 fully saturated rings. The third kappa shape index (κ3) is 2.09. The summed E-state index contributed by atoms with van der Waals surface area (Å²) in [5.74, 6) is 0.879. The van der Waals surface area contributed by atoms with Gasteiger partial charge in [0.2, 0.25) is 0 Å². The summed E-state index contributed by atoms with van der Waals surface area (Å²) in [6.45, 7) is 10.6. The third-order valence-electron chi connectivity index (χ3n) is 2.95. The fourth-order valence-corrected chi connectivity index (χ4v) is 1.37. The zero-order valence-corrected chi connectivity index (χ0v) is 9.55. The van der Waals surface area contributed by atoms with Crippen molar-refractivity contribution in [3.05, 3.63) is 36.2 Å². The van der Waals surface area contributed by atoms with Crippen molar-refractivity contribution in [2.24, 2.45) is 0 Å². The maximum absolute atomic E-state index is 5.26. The van der Waals surface area contributed by atoms with Crippen molar-refractivity contribution in [3.63, 3.8) is 0 Å². The number of ether oxygens (including phenoxy) is 1. The van der Waals surface area contributed by atoms with Gasteiger partial charge >= 0.3 is 0 Å². The Morgan fingerprint density at radius 2 is 2.00 bits per heavy atom. The van der Waals surface area contributed by atoms with Gasteiger partial charge in [-0.25, -0.2) is 0 Å². The summed E-state index contributed by atoms with van der Waals surface area (Å²) >= 11 is 0. The fourth-order valence-electron chi connectivity index (χ4n) is 1.37. The van der Waals surface area contributed by atoms with E-state index in [0.717, 1.165) is 17.7 Å². The molecule has 0 unspecified atom stereocenters. The van der Waals surface area contributed by atoms with Crippen molar-refractivity contribution in [2.75, 3.05) is 7.11 Å². The van der Waals surface area contributed by atoms with Crippen LogP contribution >= 0.6 is 0 Å². The average molecular weight is 191 g/mol. The molecular formula is C13H19O. The van der Waals surface area contributed by atoms with Crippen LogP contribution in [-0.2, 0) is 5.41 Å². The lowest BCUT2D eigenvalue weighted by atomic mass is 9.82. The van der Waals surface area contributed by atoms with Gasteiger partial charge in [-0.3, -0.25) is 0 Å². The quantitative estimate of drug-likeness (QED) is 0.709. The van der Waals surface area contributed by atoms with Gasteiger partial charge in [-0.15, -0.1) is 0 Å². The number of methoxy groups -OCH3 is 1. The summed E-state index contributed by atoms with van der Waals surface area (Å²) in [5, 5.41) is 0. The van der Waals surface area contributed by atoms with Crippen molar-refractivity contribution in [1.82, 2.24) is 0 Å². The van der Waals surface area contributed by atoms with E-state index in [2.05, 4.69) is 39.8 Å². The van der Waals surface area contributed by atoms with Crippen LogP contribution in [0.5, 0.6) is 5.75 Å². The Kier molecular flexibility index (Phi) is 3.20. The van der Waals surface area contributed by atoms with E-state index >= 15 is 0 Å². The van der Waals surface area contributed by atoms with Crippen LogP contribution in [0.4, 0.5) is 0 Å². The van der Waals surface area contributed by atoms with Gasteiger partial charge < -0.3 is 4.74 Å². The van der Waals surface area contributed by atoms with E-state index < -0.39 is 0 Å². The van der Waals surface area contributed by atoms with Crippen LogP contribution in [0.2, 0.25) is 0 Å². The molecule has 0 heterocycles. The predicted octanol–water partition coefficient (Wildman–Crippen LogP) is 3.56. The largest absolute Gasteiger partial charge is 0.496 e. The lowest BCUT2D eigenvalue weighted by Gasteiger charge is -2.24. The molecular weight excluding hydrogens is 172 g/mol. The molecule has 1 rings (SSSR count). The van der Waals surface area contributed by atoms with E-state index in [9.17, 15) is 0 Å². The van der Waals surface area contributed by atoms with Crippen molar-refractivity contribution < 1.29 is 4.74 Å². The van der Waals surface area contributed by atoms with Gasteiger partial charge in [0.25, 0.3) is 0 Å². The molecule has 0 atom stereocenters. The molecule has 0 N–H and O–H groups in total. The van der Waals surface area contributed by atoms with Gasteiger partial charge in [0.05, 0.1) is 7.11 Å². The summed E-state index contributed by atoms with van der Waals surface area (Å²) in [7, 11) is 1.69. The Morgan fingerprint density at radius 3 is 2.50 bits per heavy atom. The maximum Gasteiger partial charge on any atom is 0.122 e. The molecule has 0 aliphatic heterocycles. The molecule has 0 saturated heterocycles. The summed E-state index contributed by atoms with van der Waals surface area (Å²) in [5.41, 5.74) is 2.47. The van der Waals surface area contributed by atoms with Gasteiger partial charge in [-0.05, 0) is 36.0 Å². The van der Waals surface area contributed by atoms with Crippen LogP contribution in [0, 0.1) is 6.92 Å². The second kappa shape index (κ2) is 4.04. The van der Waals surface area contributed by atoms with E-state index in [0.29, 0.717) is 0 Å². The third-order valence-corrected chi connectivity index (χ3v) is 2.95. The van der Waals surface area contributed by atoms with Crippen LogP contribution in [-0.4, -0.2) is 7.11 Å². The summed E-state index contributed by atoms with van der Waals surface area (Å²) in [6.07, 6.45) is 1.12. The van der Waals surface area contributed by atoms with E-state index in [1.54, 1.807) is 7.11 Å². The highest BCUT2D eigenvalue weighted by molar-refractivity contribution is 5.41. The zero-order chi connectivity index (χ0) is 10.8. The van der Waals surface area contributed by atoms with Crippen LogP contribution < -0.4 is 4.74 Å².